The van der Waals surface area contributed by atoms with Gasteiger partial charge >= 0.3 is 6.03 Å². The van der Waals surface area contributed by atoms with Gasteiger partial charge in [-0.15, -0.1) is 0 Å². The van der Waals surface area contributed by atoms with Crippen LogP contribution in [0.2, 0.25) is 0 Å². The molecule has 1 aromatic heterocycles. The van der Waals surface area contributed by atoms with Gasteiger partial charge in [-0.2, -0.15) is 5.10 Å². The fourth-order valence-electron chi connectivity index (χ4n) is 2.84. The second-order valence-corrected chi connectivity index (χ2v) is 6.21. The minimum Gasteiger partial charge on any atom is -0.338 e. The molecule has 120 valence electrons. The summed E-state index contributed by atoms with van der Waals surface area (Å²) >= 11 is 0. The van der Waals surface area contributed by atoms with E-state index in [0.29, 0.717) is 25.6 Å². The Bertz CT molecular complexity index is 552. The number of hydrogen-bond acceptors (Lipinski definition) is 3. The largest absolute Gasteiger partial charge is 0.338 e. The molecule has 2 fully saturated rings. The SMILES string of the molecule is Cc1cnn(CCCNC(=O)N[C@H]2CC(=O)N(C3CC3)C2)c1. The van der Waals surface area contributed by atoms with E-state index in [9.17, 15) is 9.59 Å². The number of nitrogens with zero attached hydrogens (tertiary/aromatic N) is 3. The van der Waals surface area contributed by atoms with Crippen LogP contribution >= 0.6 is 0 Å². The van der Waals surface area contributed by atoms with E-state index in [-0.39, 0.29) is 18.0 Å². The molecule has 0 aromatic carbocycles. The molecule has 0 radical (unpaired) electrons. The van der Waals surface area contributed by atoms with Gasteiger partial charge in [0.2, 0.25) is 5.91 Å². The van der Waals surface area contributed by atoms with Crippen LogP contribution in [0.3, 0.4) is 0 Å². The quantitative estimate of drug-likeness (QED) is 0.757. The molecule has 7 heteroatoms. The highest BCUT2D eigenvalue weighted by Gasteiger charge is 2.39. The maximum Gasteiger partial charge on any atom is 0.315 e. The topological polar surface area (TPSA) is 79.3 Å². The van der Waals surface area contributed by atoms with Gasteiger partial charge in [0, 0.05) is 38.3 Å². The maximum absolute atomic E-state index is 11.8. The number of nitrogens with one attached hydrogen (secondary N) is 2. The minimum absolute atomic E-state index is 0.0538. The van der Waals surface area contributed by atoms with Crippen LogP contribution in [0.15, 0.2) is 12.4 Å². The molecule has 1 aliphatic carbocycles. The van der Waals surface area contributed by atoms with Crippen LogP contribution in [-0.2, 0) is 11.3 Å². The van der Waals surface area contributed by atoms with E-state index in [1.165, 1.54) is 0 Å². The third-order valence-electron chi connectivity index (χ3n) is 4.09. The van der Waals surface area contributed by atoms with Crippen molar-refractivity contribution >= 4 is 11.9 Å². The lowest BCUT2D eigenvalue weighted by Gasteiger charge is -2.16. The highest BCUT2D eigenvalue weighted by atomic mass is 16.2. The average molecular weight is 305 g/mol. The standard InChI is InChI=1S/C15H23N5O2/c1-11-8-17-19(9-11)6-2-5-16-15(22)18-12-7-14(21)20(10-12)13-3-4-13/h8-9,12-13H,2-7,10H2,1H3,(H2,16,18,22)/t12-/m0/s1. The normalized spacial score (nSPS) is 21.2. The zero-order chi connectivity index (χ0) is 15.5. The van der Waals surface area contributed by atoms with E-state index < -0.39 is 0 Å². The molecule has 0 unspecified atom stereocenters. The summed E-state index contributed by atoms with van der Waals surface area (Å²) in [6.45, 7) is 4.04. The molecule has 22 heavy (non-hydrogen) atoms. The third-order valence-corrected chi connectivity index (χ3v) is 4.09. The van der Waals surface area contributed by atoms with Crippen molar-refractivity contribution in [3.8, 4) is 0 Å². The first kappa shape index (κ1) is 14.9. The molecule has 1 saturated carbocycles. The van der Waals surface area contributed by atoms with Crippen LogP contribution in [0.5, 0.6) is 0 Å². The molecular formula is C15H23N5O2. The van der Waals surface area contributed by atoms with E-state index in [1.807, 2.05) is 28.9 Å². The first-order valence-electron chi connectivity index (χ1n) is 7.95. The Kier molecular flexibility index (Phi) is 4.31. The van der Waals surface area contributed by atoms with Crippen LogP contribution in [-0.4, -0.2) is 51.8 Å². The second-order valence-electron chi connectivity index (χ2n) is 6.21. The Hall–Kier alpha value is -2.05. The van der Waals surface area contributed by atoms with Crippen LogP contribution in [0.1, 0.15) is 31.2 Å². The number of aryl methyl sites for hydroxylation is 2. The maximum atomic E-state index is 11.8. The van der Waals surface area contributed by atoms with Gasteiger partial charge in [0.15, 0.2) is 0 Å². The Labute approximate surface area is 130 Å². The lowest BCUT2D eigenvalue weighted by molar-refractivity contribution is -0.128. The average Bonchev–Trinajstić information content (AvgIpc) is 3.13. The van der Waals surface area contributed by atoms with Crippen molar-refractivity contribution in [3.63, 3.8) is 0 Å². The van der Waals surface area contributed by atoms with Gasteiger partial charge in [0.25, 0.3) is 0 Å². The van der Waals surface area contributed by atoms with E-state index >= 15 is 0 Å². The van der Waals surface area contributed by atoms with Crippen molar-refractivity contribution in [2.24, 2.45) is 0 Å². The summed E-state index contributed by atoms with van der Waals surface area (Å²) in [5.41, 5.74) is 1.14. The summed E-state index contributed by atoms with van der Waals surface area (Å²) < 4.78 is 1.87. The summed E-state index contributed by atoms with van der Waals surface area (Å²) in [5.74, 6) is 0.168. The number of hydrogen-bond donors (Lipinski definition) is 2. The fraction of sp³-hybridized carbons (Fsp3) is 0.667. The zero-order valence-corrected chi connectivity index (χ0v) is 12.9. The number of amides is 3. The first-order valence-corrected chi connectivity index (χ1v) is 7.95. The van der Waals surface area contributed by atoms with Crippen LogP contribution in [0, 0.1) is 6.92 Å². The summed E-state index contributed by atoms with van der Waals surface area (Å²) in [4.78, 5) is 25.6. The number of aromatic nitrogens is 2. The minimum atomic E-state index is -0.188. The molecule has 1 saturated heterocycles. The molecule has 7 nitrogen and oxygen atoms in total. The van der Waals surface area contributed by atoms with Crippen molar-refractivity contribution in [2.75, 3.05) is 13.1 Å². The fourth-order valence-corrected chi connectivity index (χ4v) is 2.84. The van der Waals surface area contributed by atoms with Crippen molar-refractivity contribution in [1.82, 2.24) is 25.3 Å². The molecule has 0 spiro atoms. The Balaban J connectivity index is 1.32. The van der Waals surface area contributed by atoms with Crippen molar-refractivity contribution in [3.05, 3.63) is 18.0 Å². The van der Waals surface area contributed by atoms with Gasteiger partial charge in [-0.25, -0.2) is 4.79 Å². The molecule has 2 N–H and O–H groups in total. The predicted octanol–water partition coefficient (Wildman–Crippen LogP) is 0.644. The molecule has 1 aliphatic heterocycles. The molecule has 3 rings (SSSR count). The van der Waals surface area contributed by atoms with Gasteiger partial charge < -0.3 is 15.5 Å². The zero-order valence-electron chi connectivity index (χ0n) is 12.9. The Morgan fingerprint density at radius 3 is 2.95 bits per heavy atom. The van der Waals surface area contributed by atoms with Gasteiger partial charge in [-0.05, 0) is 31.7 Å². The number of likely N-dealkylation sites (tertiary alicyclic amines) is 1. The molecule has 3 amide bonds. The van der Waals surface area contributed by atoms with E-state index in [0.717, 1.165) is 31.4 Å². The Morgan fingerprint density at radius 1 is 1.45 bits per heavy atom. The van der Waals surface area contributed by atoms with E-state index in [4.69, 9.17) is 0 Å². The predicted molar refractivity (Wildman–Crippen MR) is 81.3 cm³/mol. The van der Waals surface area contributed by atoms with Crippen LogP contribution < -0.4 is 10.6 Å². The number of rotatable bonds is 6. The number of urea groups is 1. The first-order chi connectivity index (χ1) is 10.6. The molecule has 1 aromatic rings. The van der Waals surface area contributed by atoms with Gasteiger partial charge in [0.05, 0.1) is 12.2 Å². The van der Waals surface area contributed by atoms with Crippen molar-refractivity contribution in [1.29, 1.82) is 0 Å². The van der Waals surface area contributed by atoms with Gasteiger partial charge in [0.1, 0.15) is 0 Å². The summed E-state index contributed by atoms with van der Waals surface area (Å²) in [6.07, 6.45) is 7.28. The monoisotopic (exact) mass is 305 g/mol. The smallest absolute Gasteiger partial charge is 0.315 e. The van der Waals surface area contributed by atoms with Crippen molar-refractivity contribution < 1.29 is 9.59 Å². The van der Waals surface area contributed by atoms with Gasteiger partial charge in [-0.1, -0.05) is 0 Å². The van der Waals surface area contributed by atoms with Crippen LogP contribution in [0.25, 0.3) is 0 Å². The second kappa shape index (κ2) is 6.37. The van der Waals surface area contributed by atoms with Crippen LogP contribution in [0.4, 0.5) is 4.79 Å². The van der Waals surface area contributed by atoms with E-state index in [1.54, 1.807) is 0 Å². The summed E-state index contributed by atoms with van der Waals surface area (Å²) in [5, 5.41) is 9.93. The highest BCUT2D eigenvalue weighted by molar-refractivity contribution is 5.82. The van der Waals surface area contributed by atoms with E-state index in [2.05, 4.69) is 15.7 Å². The highest BCUT2D eigenvalue weighted by Crippen LogP contribution is 2.30. The lowest BCUT2D eigenvalue weighted by Crippen LogP contribution is -2.43. The summed E-state index contributed by atoms with van der Waals surface area (Å²) in [7, 11) is 0. The Morgan fingerprint density at radius 2 is 2.27 bits per heavy atom. The molecule has 1 atom stereocenters. The lowest BCUT2D eigenvalue weighted by atomic mass is 10.2. The molecular weight excluding hydrogens is 282 g/mol. The van der Waals surface area contributed by atoms with Gasteiger partial charge in [-0.3, -0.25) is 9.48 Å². The number of carbonyl (C=O) groups is 2. The molecule has 2 aliphatic rings. The van der Waals surface area contributed by atoms with Crippen molar-refractivity contribution in [2.45, 2.75) is 51.2 Å². The molecule has 2 heterocycles. The molecule has 0 bridgehead atoms. The third kappa shape index (κ3) is 3.78. The number of carbonyl (C=O) groups excluding carboxylic acids is 2. The summed E-state index contributed by atoms with van der Waals surface area (Å²) in [6, 6.07) is 0.189.